The minimum Gasteiger partial charge on any atom is -0.491 e. The Morgan fingerprint density at radius 2 is 1.77 bits per heavy atom. The van der Waals surface area contributed by atoms with Crippen molar-refractivity contribution in [2.24, 2.45) is 0 Å². The number of rotatable bonds is 6. The van der Waals surface area contributed by atoms with E-state index in [0.29, 0.717) is 16.7 Å². The van der Waals surface area contributed by atoms with Crippen LogP contribution in [0.5, 0.6) is 5.75 Å². The van der Waals surface area contributed by atoms with Crippen molar-refractivity contribution in [1.29, 1.82) is 0 Å². The Kier molecular flexibility index (Phi) is 5.61. The standard InChI is InChI=1S/C24H26N4O3/c1-24(2,3)18-9-11-21(12-10-18)31-16-20(29)15-28-23(30)22-17(13-25-28)14-27(26-22)19-7-5-4-6-8-19/h4-14,20,29H,15-16H2,1-3H3. The van der Waals surface area contributed by atoms with Crippen LogP contribution in [0.1, 0.15) is 26.3 Å². The maximum atomic E-state index is 12.8. The molecule has 0 aliphatic heterocycles. The van der Waals surface area contributed by atoms with Gasteiger partial charge in [0.15, 0.2) is 5.52 Å². The molecule has 7 heteroatoms. The van der Waals surface area contributed by atoms with Gasteiger partial charge in [-0.2, -0.15) is 10.2 Å². The Morgan fingerprint density at radius 3 is 2.45 bits per heavy atom. The van der Waals surface area contributed by atoms with E-state index in [0.717, 1.165) is 5.69 Å². The molecule has 0 aliphatic carbocycles. The molecule has 2 heterocycles. The topological polar surface area (TPSA) is 82.2 Å². The molecule has 1 atom stereocenters. The van der Waals surface area contributed by atoms with Gasteiger partial charge in [-0.1, -0.05) is 51.1 Å². The average Bonchev–Trinajstić information content (AvgIpc) is 3.20. The van der Waals surface area contributed by atoms with Crippen LogP contribution in [-0.2, 0) is 12.0 Å². The lowest BCUT2D eigenvalue weighted by Crippen LogP contribution is -2.32. The van der Waals surface area contributed by atoms with Crippen LogP contribution in [0.4, 0.5) is 0 Å². The van der Waals surface area contributed by atoms with E-state index in [9.17, 15) is 9.90 Å². The second-order valence-electron chi connectivity index (χ2n) is 8.58. The first-order chi connectivity index (χ1) is 14.8. The fourth-order valence-corrected chi connectivity index (χ4v) is 3.29. The molecule has 0 fully saturated rings. The molecule has 160 valence electrons. The highest BCUT2D eigenvalue weighted by atomic mass is 16.5. The zero-order valence-electron chi connectivity index (χ0n) is 17.9. The van der Waals surface area contributed by atoms with E-state index in [4.69, 9.17) is 4.74 Å². The molecular formula is C24H26N4O3. The summed E-state index contributed by atoms with van der Waals surface area (Å²) in [6.07, 6.45) is 2.47. The predicted octanol–water partition coefficient (Wildman–Crippen LogP) is 3.32. The highest BCUT2D eigenvalue weighted by molar-refractivity contribution is 5.76. The Morgan fingerprint density at radius 1 is 1.06 bits per heavy atom. The van der Waals surface area contributed by atoms with Gasteiger partial charge in [0, 0.05) is 11.6 Å². The van der Waals surface area contributed by atoms with Crippen LogP contribution in [0, 0.1) is 0 Å². The maximum Gasteiger partial charge on any atom is 0.295 e. The van der Waals surface area contributed by atoms with Gasteiger partial charge in [-0.25, -0.2) is 9.36 Å². The SMILES string of the molecule is CC(C)(C)c1ccc(OCC(O)Cn2ncc3cn(-c4ccccc4)nc3c2=O)cc1. The van der Waals surface area contributed by atoms with Gasteiger partial charge in [-0.15, -0.1) is 0 Å². The van der Waals surface area contributed by atoms with Gasteiger partial charge in [-0.3, -0.25) is 4.79 Å². The zero-order chi connectivity index (χ0) is 22.0. The van der Waals surface area contributed by atoms with Gasteiger partial charge in [0.25, 0.3) is 5.56 Å². The molecule has 1 unspecified atom stereocenters. The molecule has 2 aromatic carbocycles. The quantitative estimate of drug-likeness (QED) is 0.519. The van der Waals surface area contributed by atoms with Crippen LogP contribution < -0.4 is 10.3 Å². The van der Waals surface area contributed by atoms with Crippen molar-refractivity contribution < 1.29 is 9.84 Å². The van der Waals surface area contributed by atoms with Crippen LogP contribution in [0.3, 0.4) is 0 Å². The second kappa shape index (κ2) is 8.35. The molecular weight excluding hydrogens is 392 g/mol. The molecule has 31 heavy (non-hydrogen) atoms. The summed E-state index contributed by atoms with van der Waals surface area (Å²) in [7, 11) is 0. The third-order valence-corrected chi connectivity index (χ3v) is 5.08. The molecule has 0 saturated carbocycles. The summed E-state index contributed by atoms with van der Waals surface area (Å²) in [6, 6.07) is 17.4. The van der Waals surface area contributed by atoms with Crippen LogP contribution >= 0.6 is 0 Å². The number of aromatic nitrogens is 4. The number of aliphatic hydroxyl groups is 1. The Hall–Kier alpha value is -3.45. The van der Waals surface area contributed by atoms with E-state index >= 15 is 0 Å². The van der Waals surface area contributed by atoms with Crippen molar-refractivity contribution in [2.75, 3.05) is 6.61 Å². The zero-order valence-corrected chi connectivity index (χ0v) is 17.9. The van der Waals surface area contributed by atoms with Crippen molar-refractivity contribution in [3.05, 3.63) is 82.9 Å². The minimum atomic E-state index is -0.888. The van der Waals surface area contributed by atoms with E-state index in [1.54, 1.807) is 17.1 Å². The molecule has 7 nitrogen and oxygen atoms in total. The van der Waals surface area contributed by atoms with Gasteiger partial charge in [-0.05, 0) is 35.2 Å². The van der Waals surface area contributed by atoms with E-state index in [1.807, 2.05) is 54.6 Å². The minimum absolute atomic E-state index is 0.0209. The van der Waals surface area contributed by atoms with Crippen LogP contribution in [0.15, 0.2) is 71.8 Å². The summed E-state index contributed by atoms with van der Waals surface area (Å²) < 4.78 is 8.56. The van der Waals surface area contributed by atoms with Crippen molar-refractivity contribution in [2.45, 2.75) is 38.8 Å². The van der Waals surface area contributed by atoms with E-state index in [-0.39, 0.29) is 24.1 Å². The Balaban J connectivity index is 1.44. The largest absolute Gasteiger partial charge is 0.491 e. The first-order valence-corrected chi connectivity index (χ1v) is 10.2. The van der Waals surface area contributed by atoms with E-state index < -0.39 is 6.10 Å². The van der Waals surface area contributed by atoms with Crippen molar-refractivity contribution in [3.8, 4) is 11.4 Å². The summed E-state index contributed by atoms with van der Waals surface area (Å²) in [5.74, 6) is 0.671. The first-order valence-electron chi connectivity index (χ1n) is 10.2. The first kappa shape index (κ1) is 20.8. The number of fused-ring (bicyclic) bond motifs is 1. The summed E-state index contributed by atoms with van der Waals surface area (Å²) in [5.41, 5.74) is 2.09. The number of aliphatic hydroxyl groups excluding tert-OH is 1. The highest BCUT2D eigenvalue weighted by Gasteiger charge is 2.15. The Bertz CT molecular complexity index is 1220. The molecule has 4 aromatic rings. The molecule has 0 amide bonds. The van der Waals surface area contributed by atoms with Crippen molar-refractivity contribution >= 4 is 10.9 Å². The number of hydrogen-bond acceptors (Lipinski definition) is 5. The number of para-hydroxylation sites is 1. The number of hydrogen-bond donors (Lipinski definition) is 1. The fraction of sp³-hybridized carbons (Fsp3) is 0.292. The van der Waals surface area contributed by atoms with Gasteiger partial charge < -0.3 is 9.84 Å². The molecule has 4 rings (SSSR count). The van der Waals surface area contributed by atoms with Crippen LogP contribution in [-0.4, -0.2) is 37.4 Å². The Labute approximate surface area is 180 Å². The van der Waals surface area contributed by atoms with Gasteiger partial charge in [0.1, 0.15) is 18.5 Å². The monoisotopic (exact) mass is 418 g/mol. The molecule has 2 aromatic heterocycles. The average molecular weight is 418 g/mol. The van der Waals surface area contributed by atoms with Crippen molar-refractivity contribution in [3.63, 3.8) is 0 Å². The third kappa shape index (κ3) is 4.67. The lowest BCUT2D eigenvalue weighted by atomic mass is 9.87. The lowest BCUT2D eigenvalue weighted by Gasteiger charge is -2.19. The van der Waals surface area contributed by atoms with Gasteiger partial charge >= 0.3 is 0 Å². The number of ether oxygens (including phenoxy) is 1. The second-order valence-corrected chi connectivity index (χ2v) is 8.58. The fourth-order valence-electron chi connectivity index (χ4n) is 3.29. The molecule has 0 bridgehead atoms. The molecule has 0 aliphatic rings. The third-order valence-electron chi connectivity index (χ3n) is 5.08. The van der Waals surface area contributed by atoms with Crippen LogP contribution in [0.25, 0.3) is 16.6 Å². The van der Waals surface area contributed by atoms with Gasteiger partial charge in [0.2, 0.25) is 0 Å². The highest BCUT2D eigenvalue weighted by Crippen LogP contribution is 2.24. The predicted molar refractivity (Wildman–Crippen MR) is 120 cm³/mol. The molecule has 0 saturated heterocycles. The molecule has 1 N–H and O–H groups in total. The number of benzene rings is 2. The molecule has 0 spiro atoms. The normalized spacial score (nSPS) is 12.8. The summed E-state index contributed by atoms with van der Waals surface area (Å²) in [4.78, 5) is 12.8. The maximum absolute atomic E-state index is 12.8. The van der Waals surface area contributed by atoms with Crippen molar-refractivity contribution in [1.82, 2.24) is 19.6 Å². The van der Waals surface area contributed by atoms with E-state index in [1.165, 1.54) is 10.2 Å². The van der Waals surface area contributed by atoms with Crippen LogP contribution in [0.2, 0.25) is 0 Å². The summed E-state index contributed by atoms with van der Waals surface area (Å²) in [6.45, 7) is 6.53. The summed E-state index contributed by atoms with van der Waals surface area (Å²) >= 11 is 0. The smallest absolute Gasteiger partial charge is 0.295 e. The lowest BCUT2D eigenvalue weighted by molar-refractivity contribution is 0.0881. The van der Waals surface area contributed by atoms with Gasteiger partial charge in [0.05, 0.1) is 18.4 Å². The van der Waals surface area contributed by atoms with E-state index in [2.05, 4.69) is 31.0 Å². The summed E-state index contributed by atoms with van der Waals surface area (Å²) in [5, 5.41) is 19.6. The number of nitrogens with zero attached hydrogens (tertiary/aromatic N) is 4. The molecule has 0 radical (unpaired) electrons.